The maximum absolute atomic E-state index is 12.0. The molecule has 1 N–H and O–H groups in total. The van der Waals surface area contributed by atoms with Crippen LogP contribution in [0.15, 0.2) is 45.8 Å². The van der Waals surface area contributed by atoms with Crippen molar-refractivity contribution < 1.29 is 4.79 Å². The molecule has 2 aromatic rings. The summed E-state index contributed by atoms with van der Waals surface area (Å²) in [7, 11) is 0. The highest BCUT2D eigenvalue weighted by Crippen LogP contribution is 2.20. The van der Waals surface area contributed by atoms with Gasteiger partial charge in [-0.25, -0.2) is 4.68 Å². The Kier molecular flexibility index (Phi) is 5.52. The lowest BCUT2D eigenvalue weighted by Crippen LogP contribution is -2.28. The second kappa shape index (κ2) is 7.38. The van der Waals surface area contributed by atoms with Gasteiger partial charge < -0.3 is 5.32 Å². The lowest BCUT2D eigenvalue weighted by molar-refractivity contribution is 0.0952. The number of benzene rings is 1. The quantitative estimate of drug-likeness (QED) is 0.822. The SMILES string of the molecule is O=C(NCCCn1ncccc1=O)c1cc(Br)ccc1Cl. The second-order valence-electron chi connectivity index (χ2n) is 4.32. The summed E-state index contributed by atoms with van der Waals surface area (Å²) in [6, 6.07) is 8.14. The highest BCUT2D eigenvalue weighted by atomic mass is 79.9. The van der Waals surface area contributed by atoms with E-state index in [1.807, 2.05) is 0 Å². The third-order valence-corrected chi connectivity index (χ3v) is 3.61. The highest BCUT2D eigenvalue weighted by molar-refractivity contribution is 9.10. The summed E-state index contributed by atoms with van der Waals surface area (Å²) in [6.45, 7) is 0.886. The topological polar surface area (TPSA) is 64.0 Å². The molecule has 0 radical (unpaired) electrons. The molecular weight excluding hydrogens is 358 g/mol. The van der Waals surface area contributed by atoms with E-state index in [9.17, 15) is 9.59 Å². The van der Waals surface area contributed by atoms with Gasteiger partial charge in [0.15, 0.2) is 0 Å². The number of halogens is 2. The summed E-state index contributed by atoms with van der Waals surface area (Å²) in [6.07, 6.45) is 2.16. The smallest absolute Gasteiger partial charge is 0.266 e. The third kappa shape index (κ3) is 4.41. The maximum Gasteiger partial charge on any atom is 0.266 e. The number of carbonyl (C=O) groups is 1. The molecule has 0 spiro atoms. The van der Waals surface area contributed by atoms with Crippen LogP contribution in [-0.2, 0) is 6.54 Å². The lowest BCUT2D eigenvalue weighted by atomic mass is 10.2. The summed E-state index contributed by atoms with van der Waals surface area (Å²) >= 11 is 9.28. The third-order valence-electron chi connectivity index (χ3n) is 2.79. The molecule has 0 aliphatic heterocycles. The zero-order valence-electron chi connectivity index (χ0n) is 11.1. The minimum absolute atomic E-state index is 0.154. The summed E-state index contributed by atoms with van der Waals surface area (Å²) < 4.78 is 2.15. The van der Waals surface area contributed by atoms with Gasteiger partial charge in [-0.3, -0.25) is 9.59 Å². The Labute approximate surface area is 135 Å². The summed E-state index contributed by atoms with van der Waals surface area (Å²) in [5.41, 5.74) is 0.264. The fraction of sp³-hybridized carbons (Fsp3) is 0.214. The van der Waals surface area contributed by atoms with Crippen molar-refractivity contribution in [3.05, 3.63) is 61.9 Å². The molecule has 21 heavy (non-hydrogen) atoms. The molecule has 0 saturated carbocycles. The van der Waals surface area contributed by atoms with E-state index in [2.05, 4.69) is 26.3 Å². The van der Waals surface area contributed by atoms with E-state index >= 15 is 0 Å². The van der Waals surface area contributed by atoms with Crippen molar-refractivity contribution in [3.8, 4) is 0 Å². The molecule has 0 fully saturated rings. The van der Waals surface area contributed by atoms with Gasteiger partial charge in [0.1, 0.15) is 0 Å². The van der Waals surface area contributed by atoms with Gasteiger partial charge in [-0.05, 0) is 30.7 Å². The highest BCUT2D eigenvalue weighted by Gasteiger charge is 2.10. The Morgan fingerprint density at radius 1 is 1.38 bits per heavy atom. The predicted molar refractivity (Wildman–Crippen MR) is 84.6 cm³/mol. The molecule has 1 heterocycles. The van der Waals surface area contributed by atoms with E-state index in [4.69, 9.17) is 11.6 Å². The first-order valence-corrected chi connectivity index (χ1v) is 7.50. The first-order valence-electron chi connectivity index (χ1n) is 6.33. The van der Waals surface area contributed by atoms with Crippen LogP contribution in [-0.4, -0.2) is 22.2 Å². The average Bonchev–Trinajstić information content (AvgIpc) is 2.47. The number of nitrogens with zero attached hydrogens (tertiary/aromatic N) is 2. The van der Waals surface area contributed by atoms with Gasteiger partial charge in [0.2, 0.25) is 0 Å². The number of aryl methyl sites for hydroxylation is 1. The van der Waals surface area contributed by atoms with Gasteiger partial charge in [-0.1, -0.05) is 27.5 Å². The second-order valence-corrected chi connectivity index (χ2v) is 5.64. The Hall–Kier alpha value is -1.66. The molecule has 0 saturated heterocycles. The summed E-state index contributed by atoms with van der Waals surface area (Å²) in [4.78, 5) is 23.4. The maximum atomic E-state index is 12.0. The van der Waals surface area contributed by atoms with Crippen molar-refractivity contribution in [1.29, 1.82) is 0 Å². The molecule has 2 rings (SSSR count). The number of rotatable bonds is 5. The van der Waals surface area contributed by atoms with Crippen molar-refractivity contribution in [3.63, 3.8) is 0 Å². The molecule has 0 bridgehead atoms. The molecule has 7 heteroatoms. The van der Waals surface area contributed by atoms with E-state index in [1.54, 1.807) is 30.5 Å². The predicted octanol–water partition coefficient (Wildman–Crippen LogP) is 2.48. The van der Waals surface area contributed by atoms with Crippen molar-refractivity contribution in [2.75, 3.05) is 6.54 Å². The molecule has 1 aromatic heterocycles. The van der Waals surface area contributed by atoms with Crippen molar-refractivity contribution in [1.82, 2.24) is 15.1 Å². The first kappa shape index (κ1) is 15.7. The molecule has 0 unspecified atom stereocenters. The van der Waals surface area contributed by atoms with Gasteiger partial charge in [0.05, 0.1) is 10.6 Å². The van der Waals surface area contributed by atoms with Crippen molar-refractivity contribution in [2.45, 2.75) is 13.0 Å². The lowest BCUT2D eigenvalue weighted by Gasteiger charge is -2.08. The van der Waals surface area contributed by atoms with Crippen LogP contribution >= 0.6 is 27.5 Å². The Morgan fingerprint density at radius 2 is 2.19 bits per heavy atom. The van der Waals surface area contributed by atoms with Crippen LogP contribution in [0.2, 0.25) is 5.02 Å². The van der Waals surface area contributed by atoms with Gasteiger partial charge in [-0.2, -0.15) is 5.10 Å². The minimum Gasteiger partial charge on any atom is -0.352 e. The van der Waals surface area contributed by atoms with Crippen molar-refractivity contribution in [2.24, 2.45) is 0 Å². The van der Waals surface area contributed by atoms with Gasteiger partial charge in [0, 0.05) is 29.8 Å². The normalized spacial score (nSPS) is 10.4. The van der Waals surface area contributed by atoms with Gasteiger partial charge >= 0.3 is 0 Å². The summed E-state index contributed by atoms with van der Waals surface area (Å²) in [5, 5.41) is 7.11. The molecule has 0 aliphatic carbocycles. The molecular formula is C14H13BrClN3O2. The molecule has 5 nitrogen and oxygen atoms in total. The number of hydrogen-bond acceptors (Lipinski definition) is 3. The van der Waals surface area contributed by atoms with E-state index in [1.165, 1.54) is 10.7 Å². The Bertz CT molecular complexity index is 703. The van der Waals surface area contributed by atoms with E-state index in [0.717, 1.165) is 4.47 Å². The summed E-state index contributed by atoms with van der Waals surface area (Å²) in [5.74, 6) is -0.241. The number of hydrogen-bond donors (Lipinski definition) is 1. The number of aromatic nitrogens is 2. The monoisotopic (exact) mass is 369 g/mol. The van der Waals surface area contributed by atoms with Crippen LogP contribution < -0.4 is 10.9 Å². The van der Waals surface area contributed by atoms with Crippen LogP contribution in [0.3, 0.4) is 0 Å². The fourth-order valence-corrected chi connectivity index (χ4v) is 2.32. The number of carbonyl (C=O) groups excluding carboxylic acids is 1. The molecule has 0 atom stereocenters. The van der Waals surface area contributed by atoms with Crippen LogP contribution in [0.4, 0.5) is 0 Å². The van der Waals surface area contributed by atoms with Gasteiger partial charge in [-0.15, -0.1) is 0 Å². The first-order chi connectivity index (χ1) is 10.1. The van der Waals surface area contributed by atoms with Crippen molar-refractivity contribution >= 4 is 33.4 Å². The minimum atomic E-state index is -0.241. The number of nitrogens with one attached hydrogen (secondary N) is 1. The van der Waals surface area contributed by atoms with Crippen LogP contribution in [0.1, 0.15) is 16.8 Å². The molecule has 110 valence electrons. The Balaban J connectivity index is 1.86. The van der Waals surface area contributed by atoms with Gasteiger partial charge in [0.25, 0.3) is 11.5 Å². The molecule has 0 aliphatic rings. The average molecular weight is 371 g/mol. The van der Waals surface area contributed by atoms with E-state index in [-0.39, 0.29) is 11.5 Å². The van der Waals surface area contributed by atoms with Crippen LogP contribution in [0.25, 0.3) is 0 Å². The van der Waals surface area contributed by atoms with Crippen LogP contribution in [0.5, 0.6) is 0 Å². The Morgan fingerprint density at radius 3 is 2.95 bits per heavy atom. The fourth-order valence-electron chi connectivity index (χ4n) is 1.75. The van der Waals surface area contributed by atoms with Crippen LogP contribution in [0, 0.1) is 0 Å². The zero-order valence-corrected chi connectivity index (χ0v) is 13.4. The zero-order chi connectivity index (χ0) is 15.2. The molecule has 1 amide bonds. The molecule has 1 aromatic carbocycles. The van der Waals surface area contributed by atoms with E-state index in [0.29, 0.717) is 30.1 Å². The standard InChI is InChI=1S/C14H13BrClN3O2/c15-10-4-5-12(16)11(9-10)14(21)17-6-2-8-19-13(20)3-1-7-18-19/h1,3-5,7,9H,2,6,8H2,(H,17,21). The number of amides is 1. The van der Waals surface area contributed by atoms with E-state index < -0.39 is 0 Å². The largest absolute Gasteiger partial charge is 0.352 e.